The van der Waals surface area contributed by atoms with Crippen molar-refractivity contribution in [3.63, 3.8) is 0 Å². The van der Waals surface area contributed by atoms with Gasteiger partial charge < -0.3 is 10.6 Å². The number of aryl methyl sites for hydroxylation is 1. The predicted molar refractivity (Wildman–Crippen MR) is 61.7 cm³/mol. The Morgan fingerprint density at radius 1 is 1.25 bits per heavy atom. The van der Waals surface area contributed by atoms with Crippen LogP contribution in [0.4, 0.5) is 0 Å². The van der Waals surface area contributed by atoms with Gasteiger partial charge in [0.15, 0.2) is 0 Å². The average molecular weight is 220 g/mol. The van der Waals surface area contributed by atoms with Crippen LogP contribution in [0.1, 0.15) is 18.1 Å². The Kier molecular flexibility index (Phi) is 4.51. The maximum absolute atomic E-state index is 11.3. The standard InChI is InChI=1S/C12H16N2O2/c1-9-4-3-5-11(6-9)7-14-12(16)8-13-10(2)15/h3-6H,7-8H2,1-2H3,(H,13,15)(H,14,16). The van der Waals surface area contributed by atoms with Crippen molar-refractivity contribution in [1.82, 2.24) is 10.6 Å². The van der Waals surface area contributed by atoms with E-state index in [2.05, 4.69) is 10.6 Å². The highest BCUT2D eigenvalue weighted by molar-refractivity contribution is 5.83. The van der Waals surface area contributed by atoms with E-state index in [1.165, 1.54) is 6.92 Å². The number of nitrogens with one attached hydrogen (secondary N) is 2. The summed E-state index contributed by atoms with van der Waals surface area (Å²) in [4.78, 5) is 21.9. The zero-order valence-electron chi connectivity index (χ0n) is 9.54. The van der Waals surface area contributed by atoms with Crippen molar-refractivity contribution in [3.05, 3.63) is 35.4 Å². The van der Waals surface area contributed by atoms with Gasteiger partial charge in [-0.2, -0.15) is 0 Å². The molecule has 0 aliphatic rings. The van der Waals surface area contributed by atoms with Crippen LogP contribution in [-0.2, 0) is 16.1 Å². The van der Waals surface area contributed by atoms with Crippen molar-refractivity contribution < 1.29 is 9.59 Å². The van der Waals surface area contributed by atoms with Crippen molar-refractivity contribution in [1.29, 1.82) is 0 Å². The predicted octanol–water partition coefficient (Wildman–Crippen LogP) is 0.747. The van der Waals surface area contributed by atoms with Crippen molar-refractivity contribution in [2.24, 2.45) is 0 Å². The van der Waals surface area contributed by atoms with E-state index in [1.54, 1.807) is 0 Å². The Balaban J connectivity index is 2.34. The molecular formula is C12H16N2O2. The molecule has 0 spiro atoms. The molecule has 16 heavy (non-hydrogen) atoms. The Hall–Kier alpha value is -1.84. The molecule has 0 aliphatic carbocycles. The highest BCUT2D eigenvalue weighted by atomic mass is 16.2. The molecule has 0 aliphatic heterocycles. The van der Waals surface area contributed by atoms with Gasteiger partial charge in [-0.25, -0.2) is 0 Å². The van der Waals surface area contributed by atoms with E-state index in [9.17, 15) is 9.59 Å². The lowest BCUT2D eigenvalue weighted by Crippen LogP contribution is -2.35. The largest absolute Gasteiger partial charge is 0.350 e. The van der Waals surface area contributed by atoms with E-state index in [4.69, 9.17) is 0 Å². The fourth-order valence-corrected chi connectivity index (χ4v) is 1.29. The first-order chi connectivity index (χ1) is 7.58. The minimum Gasteiger partial charge on any atom is -0.350 e. The molecule has 0 saturated carbocycles. The maximum Gasteiger partial charge on any atom is 0.239 e. The molecule has 0 atom stereocenters. The van der Waals surface area contributed by atoms with Crippen LogP contribution in [0.25, 0.3) is 0 Å². The lowest BCUT2D eigenvalue weighted by molar-refractivity contribution is -0.125. The van der Waals surface area contributed by atoms with Crippen LogP contribution in [0.3, 0.4) is 0 Å². The molecular weight excluding hydrogens is 204 g/mol. The van der Waals surface area contributed by atoms with Crippen molar-refractivity contribution in [2.75, 3.05) is 6.54 Å². The van der Waals surface area contributed by atoms with Crippen LogP contribution >= 0.6 is 0 Å². The van der Waals surface area contributed by atoms with Crippen LogP contribution in [0.5, 0.6) is 0 Å². The van der Waals surface area contributed by atoms with Gasteiger partial charge in [-0.05, 0) is 12.5 Å². The lowest BCUT2D eigenvalue weighted by atomic mass is 10.1. The SMILES string of the molecule is CC(=O)NCC(=O)NCc1cccc(C)c1. The van der Waals surface area contributed by atoms with Crippen molar-refractivity contribution >= 4 is 11.8 Å². The number of rotatable bonds is 4. The molecule has 0 saturated heterocycles. The first-order valence-corrected chi connectivity index (χ1v) is 5.14. The molecule has 4 nitrogen and oxygen atoms in total. The van der Waals surface area contributed by atoms with Crippen molar-refractivity contribution in [2.45, 2.75) is 20.4 Å². The third-order valence-electron chi connectivity index (χ3n) is 2.07. The molecule has 2 amide bonds. The summed E-state index contributed by atoms with van der Waals surface area (Å²) in [6.07, 6.45) is 0. The van der Waals surface area contributed by atoms with Gasteiger partial charge in [-0.1, -0.05) is 29.8 Å². The van der Waals surface area contributed by atoms with Gasteiger partial charge in [0.05, 0.1) is 6.54 Å². The average Bonchev–Trinajstić information content (AvgIpc) is 2.23. The smallest absolute Gasteiger partial charge is 0.239 e. The Morgan fingerprint density at radius 2 is 2.00 bits per heavy atom. The first-order valence-electron chi connectivity index (χ1n) is 5.14. The minimum absolute atomic E-state index is 0.0289. The zero-order valence-corrected chi connectivity index (χ0v) is 9.54. The topological polar surface area (TPSA) is 58.2 Å². The molecule has 2 N–H and O–H groups in total. The van der Waals surface area contributed by atoms with E-state index in [-0.39, 0.29) is 18.4 Å². The minimum atomic E-state index is -0.203. The summed E-state index contributed by atoms with van der Waals surface area (Å²) in [5.74, 6) is -0.387. The molecule has 1 rings (SSSR count). The molecule has 1 aromatic rings. The molecule has 0 radical (unpaired) electrons. The zero-order chi connectivity index (χ0) is 12.0. The van der Waals surface area contributed by atoms with E-state index in [0.29, 0.717) is 6.54 Å². The fraction of sp³-hybridized carbons (Fsp3) is 0.333. The van der Waals surface area contributed by atoms with E-state index in [0.717, 1.165) is 11.1 Å². The summed E-state index contributed by atoms with van der Waals surface area (Å²) in [7, 11) is 0. The number of carbonyl (C=O) groups excluding carboxylic acids is 2. The summed E-state index contributed by atoms with van der Waals surface area (Å²) in [5.41, 5.74) is 2.21. The molecule has 1 aromatic carbocycles. The van der Waals surface area contributed by atoms with Gasteiger partial charge in [0.25, 0.3) is 0 Å². The van der Waals surface area contributed by atoms with Gasteiger partial charge >= 0.3 is 0 Å². The third-order valence-corrected chi connectivity index (χ3v) is 2.07. The van der Waals surface area contributed by atoms with Crippen LogP contribution in [0.2, 0.25) is 0 Å². The van der Waals surface area contributed by atoms with Gasteiger partial charge in [0.1, 0.15) is 0 Å². The highest BCUT2D eigenvalue weighted by Gasteiger charge is 2.01. The molecule has 0 bridgehead atoms. The van der Waals surface area contributed by atoms with Gasteiger partial charge in [-0.3, -0.25) is 9.59 Å². The summed E-state index contributed by atoms with van der Waals surface area (Å²) < 4.78 is 0. The number of benzene rings is 1. The fourth-order valence-electron chi connectivity index (χ4n) is 1.29. The van der Waals surface area contributed by atoms with Crippen molar-refractivity contribution in [3.8, 4) is 0 Å². The second-order valence-electron chi connectivity index (χ2n) is 3.68. The van der Waals surface area contributed by atoms with E-state index < -0.39 is 0 Å². The summed E-state index contributed by atoms with van der Waals surface area (Å²) >= 11 is 0. The molecule has 4 heteroatoms. The van der Waals surface area contributed by atoms with E-state index in [1.807, 2.05) is 31.2 Å². The van der Waals surface area contributed by atoms with Gasteiger partial charge in [0.2, 0.25) is 11.8 Å². The normalized spacial score (nSPS) is 9.62. The Labute approximate surface area is 95.0 Å². The molecule has 0 unspecified atom stereocenters. The Bertz CT molecular complexity index is 388. The number of hydrogen-bond acceptors (Lipinski definition) is 2. The molecule has 86 valence electrons. The quantitative estimate of drug-likeness (QED) is 0.786. The van der Waals surface area contributed by atoms with Gasteiger partial charge in [-0.15, -0.1) is 0 Å². The Morgan fingerprint density at radius 3 is 2.62 bits per heavy atom. The highest BCUT2D eigenvalue weighted by Crippen LogP contribution is 2.02. The number of carbonyl (C=O) groups is 2. The number of hydrogen-bond donors (Lipinski definition) is 2. The lowest BCUT2D eigenvalue weighted by Gasteiger charge is -2.06. The van der Waals surface area contributed by atoms with E-state index >= 15 is 0 Å². The molecule has 0 heterocycles. The maximum atomic E-state index is 11.3. The monoisotopic (exact) mass is 220 g/mol. The summed E-state index contributed by atoms with van der Waals surface area (Å²) in [5, 5.41) is 5.17. The van der Waals surface area contributed by atoms with Crippen LogP contribution in [-0.4, -0.2) is 18.4 Å². The second-order valence-corrected chi connectivity index (χ2v) is 3.68. The van der Waals surface area contributed by atoms with Crippen LogP contribution in [0.15, 0.2) is 24.3 Å². The summed E-state index contributed by atoms with van der Waals surface area (Å²) in [6, 6.07) is 7.91. The van der Waals surface area contributed by atoms with Gasteiger partial charge in [0, 0.05) is 13.5 Å². The first kappa shape index (κ1) is 12.2. The second kappa shape index (κ2) is 5.90. The number of amides is 2. The summed E-state index contributed by atoms with van der Waals surface area (Å²) in [6.45, 7) is 3.90. The van der Waals surface area contributed by atoms with Crippen LogP contribution < -0.4 is 10.6 Å². The third kappa shape index (κ3) is 4.59. The van der Waals surface area contributed by atoms with Crippen LogP contribution in [0, 0.1) is 6.92 Å². The molecule has 0 aromatic heterocycles. The molecule has 0 fully saturated rings.